The van der Waals surface area contributed by atoms with Crippen molar-refractivity contribution in [3.05, 3.63) is 170 Å². The van der Waals surface area contributed by atoms with Crippen molar-refractivity contribution in [1.82, 2.24) is 0 Å². The number of rotatable bonds is 45. The van der Waals surface area contributed by atoms with Crippen molar-refractivity contribution in [2.75, 3.05) is 7.11 Å². The topological polar surface area (TPSA) is 280 Å². The van der Waals surface area contributed by atoms with Gasteiger partial charge in [0.05, 0.1) is 65.6 Å². The summed E-state index contributed by atoms with van der Waals surface area (Å²) < 4.78 is 5.57. The maximum Gasteiger partial charge on any atom is 0.129 e. The fourth-order valence-corrected chi connectivity index (χ4v) is 10.9. The zero-order valence-electron chi connectivity index (χ0n) is 65.5. The standard InChI is InChI=1S/C23H36O4.C23H34O4.C23H36O4.C21H34O3/c2*1-20(24)14-13-16-22(26)21(25)15-9-5-2-3-6-10-17-23(27)18-11-7-4-8-12-19-23;1-5-6-12-18-23(3,27-4)19-13-10-8-7-9-11-16-21(25)22(26)17-14-15-20(2)24;1-3-4-5-6-7-8-9-10-11-12-13-14-17-20(23)21(24)18-15-16-19(2)22/h2-3,5-6,9-10,15,17,21-22,25-27H,4,7-8,11-14,16,18-19H2,1H3;2,5,9-10,15,17,21-22,25-27H,4,7-8,11-14,16,18-19H2,1H3;7,9,11,13,16,19,21-22,25-26H,5-6,12,14-15,17-18H2,1-4H3;8-14,17,20-21,23-24H,3-7,15-16,18H2,1-2H3/b5-2+,6-3-,15-9+,17-10+;5-2+,15-9+,17-10+;9-7+,16-11+,19-13+;9-8+,11-10-,13-12+,17-14+/t2*21?,22-;;20?,21-/m00.0/s1. The van der Waals surface area contributed by atoms with Crippen molar-refractivity contribution in [2.45, 2.75) is 339 Å². The summed E-state index contributed by atoms with van der Waals surface area (Å²) in [5, 5.41) is 99.5. The molecule has 0 aromatic carbocycles. The molecule has 15 heteroatoms. The second kappa shape index (κ2) is 68.3. The van der Waals surface area contributed by atoms with Crippen LogP contribution in [0.5, 0.6) is 0 Å². The van der Waals surface area contributed by atoms with Gasteiger partial charge in [0.1, 0.15) is 23.1 Å². The van der Waals surface area contributed by atoms with Crippen molar-refractivity contribution in [3.63, 3.8) is 0 Å². The number of Topliss-reactive ketones (excluding diaryl/α,β-unsaturated/α-hetero) is 4. The molecule has 10 N–H and O–H groups in total. The van der Waals surface area contributed by atoms with Gasteiger partial charge in [0.2, 0.25) is 0 Å². The molecule has 15 nitrogen and oxygen atoms in total. The number of hydrogen-bond donors (Lipinski definition) is 10. The van der Waals surface area contributed by atoms with E-state index in [4.69, 9.17) is 4.74 Å². The number of aliphatic hydroxyl groups is 10. The predicted octanol–water partition coefficient (Wildman–Crippen LogP) is 16.6. The Balaban J connectivity index is 0. The summed E-state index contributed by atoms with van der Waals surface area (Å²) in [6, 6.07) is 0. The summed E-state index contributed by atoms with van der Waals surface area (Å²) in [7, 11) is 1.72. The predicted molar refractivity (Wildman–Crippen MR) is 433 cm³/mol. The van der Waals surface area contributed by atoms with Gasteiger partial charge in [-0.1, -0.05) is 274 Å². The lowest BCUT2D eigenvalue weighted by molar-refractivity contribution is -0.118. The lowest BCUT2D eigenvalue weighted by atomic mass is 9.87. The second-order valence-corrected chi connectivity index (χ2v) is 28.0. The normalized spacial score (nSPS) is 18.3. The van der Waals surface area contributed by atoms with Gasteiger partial charge in [0.25, 0.3) is 0 Å². The highest BCUT2D eigenvalue weighted by molar-refractivity contribution is 5.76. The smallest absolute Gasteiger partial charge is 0.129 e. The summed E-state index contributed by atoms with van der Waals surface area (Å²) in [5.74, 6) is 12.0. The average Bonchev–Trinajstić information content (AvgIpc) is 0.917. The van der Waals surface area contributed by atoms with Crippen molar-refractivity contribution in [1.29, 1.82) is 0 Å². The Hall–Kier alpha value is -6.28. The molecule has 105 heavy (non-hydrogen) atoms. The monoisotopic (exact) mass is 1460 g/mol. The van der Waals surface area contributed by atoms with Crippen molar-refractivity contribution >= 4 is 23.1 Å². The number of methoxy groups -OCH3 is 1. The summed E-state index contributed by atoms with van der Waals surface area (Å²) in [5.41, 5.74) is -1.67. The Morgan fingerprint density at radius 1 is 0.381 bits per heavy atom. The zero-order valence-corrected chi connectivity index (χ0v) is 65.5. The van der Waals surface area contributed by atoms with E-state index in [2.05, 4.69) is 50.5 Å². The number of allylic oxidation sites excluding steroid dienone is 21. The first-order valence-electron chi connectivity index (χ1n) is 39.1. The Morgan fingerprint density at radius 3 is 1.07 bits per heavy atom. The number of ketones is 4. The Labute approximate surface area is 634 Å². The maximum atomic E-state index is 10.9. The molecule has 0 heterocycles. The minimum absolute atomic E-state index is 0.0875. The summed E-state index contributed by atoms with van der Waals surface area (Å²) in [6.45, 7) is 12.5. The molecular weight excluding hydrogens is 1320 g/mol. The molecule has 0 aromatic heterocycles. The number of carbonyl (C=O) groups is 4. The van der Waals surface area contributed by atoms with Gasteiger partial charge < -0.3 is 75.0 Å². The molecule has 2 aliphatic carbocycles. The minimum Gasteiger partial charge on any atom is -0.390 e. The molecule has 0 saturated heterocycles. The second-order valence-electron chi connectivity index (χ2n) is 28.0. The number of aliphatic hydroxyl groups excluding tert-OH is 8. The first-order chi connectivity index (χ1) is 50.3. The van der Waals surface area contributed by atoms with E-state index in [1.165, 1.54) is 123 Å². The van der Waals surface area contributed by atoms with Crippen LogP contribution in [0.2, 0.25) is 0 Å². The van der Waals surface area contributed by atoms with Crippen LogP contribution in [0.3, 0.4) is 0 Å². The van der Waals surface area contributed by atoms with E-state index < -0.39 is 60.0 Å². The SMILES string of the molecule is CC(=O)CCC[C@H](O)C(O)/C=C/C=C/C#C/C=C/C1(O)CCCCCCC1.CC(=O)CCC[C@H](O)C(O)/C=C/C=C/C=C\C=C\C1(O)CCCCCCC1.CCCCCC(C)(/C=C/C#C/C=C/C=C/C(O)C(O)CCCC(C)=O)OC.CCCCCC/C=C/C=C\C=C\C=C\C(O)[C@@H](O)CCCC(C)=O. The summed E-state index contributed by atoms with van der Waals surface area (Å²) in [6.07, 6.45) is 74.1. The minimum atomic E-state index is -0.956. The van der Waals surface area contributed by atoms with Crippen LogP contribution in [-0.2, 0) is 23.9 Å². The number of carbonyl (C=O) groups excluding carboxylic acids is 4. The van der Waals surface area contributed by atoms with Gasteiger partial charge in [-0.25, -0.2) is 0 Å². The molecule has 0 aliphatic heterocycles. The molecule has 0 spiro atoms. The first-order valence-corrected chi connectivity index (χ1v) is 39.1. The Morgan fingerprint density at radius 2 is 0.695 bits per heavy atom. The largest absolute Gasteiger partial charge is 0.390 e. The number of ether oxygens (including phenoxy) is 1. The van der Waals surface area contributed by atoms with Gasteiger partial charge in [-0.2, -0.15) is 0 Å². The van der Waals surface area contributed by atoms with Crippen LogP contribution in [0.4, 0.5) is 0 Å². The van der Waals surface area contributed by atoms with Crippen molar-refractivity contribution in [3.8, 4) is 23.7 Å². The highest BCUT2D eigenvalue weighted by Gasteiger charge is 2.25. The highest BCUT2D eigenvalue weighted by atomic mass is 16.5. The van der Waals surface area contributed by atoms with Gasteiger partial charge in [-0.3, -0.25) is 0 Å². The molecule has 9 atom stereocenters. The van der Waals surface area contributed by atoms with Crippen LogP contribution < -0.4 is 0 Å². The van der Waals surface area contributed by atoms with Crippen LogP contribution in [-0.4, -0.2) is 147 Å². The number of hydrogen-bond acceptors (Lipinski definition) is 15. The molecule has 0 bridgehead atoms. The summed E-state index contributed by atoms with van der Waals surface area (Å²) in [4.78, 5) is 43.4. The fourth-order valence-electron chi connectivity index (χ4n) is 10.9. The lowest BCUT2D eigenvalue weighted by Gasteiger charge is -2.26. The molecule has 6 unspecified atom stereocenters. The molecule has 0 radical (unpaired) electrons. The van der Waals surface area contributed by atoms with Crippen LogP contribution in [0.25, 0.3) is 0 Å². The first kappa shape index (κ1) is 101. The highest BCUT2D eigenvalue weighted by Crippen LogP contribution is 2.29. The summed E-state index contributed by atoms with van der Waals surface area (Å²) >= 11 is 0. The third-order valence-electron chi connectivity index (χ3n) is 17.7. The van der Waals surface area contributed by atoms with Crippen molar-refractivity contribution in [2.24, 2.45) is 0 Å². The molecule has 0 aromatic rings. The van der Waals surface area contributed by atoms with E-state index in [1.54, 1.807) is 80.0 Å². The third-order valence-corrected chi connectivity index (χ3v) is 17.7. The molecule has 590 valence electrons. The Kier molecular flexibility index (Phi) is 65.5. The zero-order chi connectivity index (χ0) is 78.5. The molecular formula is C90H140O15. The third kappa shape index (κ3) is 65.7. The van der Waals surface area contributed by atoms with Crippen LogP contribution in [0.1, 0.15) is 273 Å². The maximum absolute atomic E-state index is 10.9. The van der Waals surface area contributed by atoms with Gasteiger partial charge in [-0.05, 0) is 167 Å². The van der Waals surface area contributed by atoms with E-state index in [1.807, 2.05) is 72.9 Å². The molecule has 2 rings (SSSR count). The van der Waals surface area contributed by atoms with E-state index in [9.17, 15) is 70.2 Å². The number of unbranched alkanes of at least 4 members (excludes halogenated alkanes) is 6. The molecule has 2 fully saturated rings. The lowest BCUT2D eigenvalue weighted by Crippen LogP contribution is -2.26. The molecule has 0 amide bonds. The molecule has 2 aliphatic rings. The van der Waals surface area contributed by atoms with E-state index in [-0.39, 0.29) is 28.7 Å². The van der Waals surface area contributed by atoms with Gasteiger partial charge in [0.15, 0.2) is 0 Å². The van der Waals surface area contributed by atoms with Crippen LogP contribution in [0, 0.1) is 23.7 Å². The van der Waals surface area contributed by atoms with Gasteiger partial charge >= 0.3 is 0 Å². The van der Waals surface area contributed by atoms with Crippen LogP contribution >= 0.6 is 0 Å². The quantitative estimate of drug-likeness (QED) is 0.0154. The van der Waals surface area contributed by atoms with E-state index >= 15 is 0 Å². The van der Waals surface area contributed by atoms with E-state index in [0.717, 1.165) is 70.6 Å². The average molecular weight is 1460 g/mol. The van der Waals surface area contributed by atoms with Gasteiger partial charge in [-0.15, -0.1) is 0 Å². The fraction of sp³-hybridized carbons (Fsp3) is 0.600. The Bertz CT molecular complexity index is 2820. The van der Waals surface area contributed by atoms with Crippen LogP contribution in [0.15, 0.2) is 170 Å². The van der Waals surface area contributed by atoms with E-state index in [0.29, 0.717) is 77.0 Å². The van der Waals surface area contributed by atoms with Gasteiger partial charge in [0, 0.05) is 32.8 Å². The van der Waals surface area contributed by atoms with Crippen molar-refractivity contribution < 1.29 is 75.0 Å². The molecule has 2 saturated carbocycles.